The van der Waals surface area contributed by atoms with Crippen LogP contribution in [-0.2, 0) is 0 Å². The zero-order valence-corrected chi connectivity index (χ0v) is 20.0. The van der Waals surface area contributed by atoms with Crippen LogP contribution in [0.1, 0.15) is 41.4 Å². The fourth-order valence-corrected chi connectivity index (χ4v) is 3.78. The first kappa shape index (κ1) is 27.0. The van der Waals surface area contributed by atoms with Crippen molar-refractivity contribution in [1.29, 1.82) is 0 Å². The van der Waals surface area contributed by atoms with Crippen LogP contribution in [0.5, 0.6) is 46.0 Å². The molecule has 4 aromatic carbocycles. The standard InChI is InChI=1S/C28H18O12/c29-17-5-11(1-3-15(17)25(37)23(35)13-7-19(31)27(39)20(32)8-13)12-2-4-16(18(30)6-12)26(38)24(36)14-9-21(33)28(40)22(34)10-14/h1-10,29-34,39-40H. The van der Waals surface area contributed by atoms with Gasteiger partial charge < -0.3 is 40.9 Å². The largest absolute Gasteiger partial charge is 0.507 e. The summed E-state index contributed by atoms with van der Waals surface area (Å²) in [6, 6.07) is 10.1. The second kappa shape index (κ2) is 10.0. The van der Waals surface area contributed by atoms with Gasteiger partial charge in [-0.25, -0.2) is 0 Å². The zero-order valence-electron chi connectivity index (χ0n) is 20.0. The van der Waals surface area contributed by atoms with Gasteiger partial charge >= 0.3 is 0 Å². The predicted molar refractivity (Wildman–Crippen MR) is 135 cm³/mol. The number of phenolic OH excluding ortho intramolecular Hbond substituents is 8. The Labute approximate surface area is 223 Å². The predicted octanol–water partition coefficient (Wildman–Crippen LogP) is 3.13. The van der Waals surface area contributed by atoms with Crippen LogP contribution in [0.25, 0.3) is 11.1 Å². The van der Waals surface area contributed by atoms with Gasteiger partial charge in [0.25, 0.3) is 0 Å². The fraction of sp³-hybridized carbons (Fsp3) is 0. The first-order valence-corrected chi connectivity index (χ1v) is 11.1. The lowest BCUT2D eigenvalue weighted by molar-refractivity contribution is 0.0814. The molecular formula is C28H18O12. The number of hydrogen-bond acceptors (Lipinski definition) is 12. The molecule has 4 aromatic rings. The van der Waals surface area contributed by atoms with Gasteiger partial charge in [0.15, 0.2) is 34.5 Å². The number of rotatable bonds is 7. The van der Waals surface area contributed by atoms with Crippen molar-refractivity contribution < 1.29 is 60.0 Å². The second-order valence-corrected chi connectivity index (χ2v) is 8.51. The number of phenols is 8. The van der Waals surface area contributed by atoms with Crippen LogP contribution >= 0.6 is 0 Å². The molecule has 0 amide bonds. The van der Waals surface area contributed by atoms with E-state index in [-0.39, 0.29) is 11.1 Å². The average Bonchev–Trinajstić information content (AvgIpc) is 2.92. The lowest BCUT2D eigenvalue weighted by Crippen LogP contribution is -2.15. The van der Waals surface area contributed by atoms with Crippen molar-refractivity contribution in [3.63, 3.8) is 0 Å². The summed E-state index contributed by atoms with van der Waals surface area (Å²) in [4.78, 5) is 50.3. The maximum Gasteiger partial charge on any atom is 0.237 e. The molecule has 4 rings (SSSR count). The van der Waals surface area contributed by atoms with Crippen molar-refractivity contribution in [1.82, 2.24) is 0 Å². The molecule has 12 heteroatoms. The minimum absolute atomic E-state index is 0.232. The minimum Gasteiger partial charge on any atom is -0.507 e. The lowest BCUT2D eigenvalue weighted by Gasteiger charge is -2.10. The SMILES string of the molecule is O=C(C(=O)c1ccc(-c2ccc(C(=O)C(=O)c3cc(O)c(O)c(O)c3)c(O)c2)cc1O)c1cc(O)c(O)c(O)c1. The third-order valence-corrected chi connectivity index (χ3v) is 5.89. The Kier molecular flexibility index (Phi) is 6.77. The molecule has 0 atom stereocenters. The smallest absolute Gasteiger partial charge is 0.237 e. The molecule has 202 valence electrons. The van der Waals surface area contributed by atoms with Gasteiger partial charge in [0.05, 0.1) is 11.1 Å². The number of Topliss-reactive ketones (excluding diaryl/α,β-unsaturated/α-hetero) is 4. The number of benzene rings is 4. The van der Waals surface area contributed by atoms with Crippen molar-refractivity contribution in [2.75, 3.05) is 0 Å². The number of carbonyl (C=O) groups is 4. The molecule has 0 aliphatic carbocycles. The van der Waals surface area contributed by atoms with Crippen LogP contribution in [0.15, 0.2) is 60.7 Å². The summed E-state index contributed by atoms with van der Waals surface area (Å²) in [5.41, 5.74) is -1.28. The molecular weight excluding hydrogens is 528 g/mol. The third kappa shape index (κ3) is 4.79. The van der Waals surface area contributed by atoms with E-state index in [1.54, 1.807) is 0 Å². The number of hydrogen-bond donors (Lipinski definition) is 8. The van der Waals surface area contributed by atoms with E-state index in [4.69, 9.17) is 0 Å². The maximum atomic E-state index is 12.6. The van der Waals surface area contributed by atoms with Gasteiger partial charge in [0.2, 0.25) is 23.1 Å². The molecule has 12 nitrogen and oxygen atoms in total. The van der Waals surface area contributed by atoms with E-state index in [0.29, 0.717) is 0 Å². The highest BCUT2D eigenvalue weighted by molar-refractivity contribution is 6.50. The van der Waals surface area contributed by atoms with Crippen LogP contribution in [0.4, 0.5) is 0 Å². The van der Waals surface area contributed by atoms with Gasteiger partial charge in [-0.05, 0) is 59.7 Å². The topological polar surface area (TPSA) is 230 Å². The summed E-state index contributed by atoms with van der Waals surface area (Å²) < 4.78 is 0. The first-order valence-electron chi connectivity index (χ1n) is 11.1. The van der Waals surface area contributed by atoms with Crippen LogP contribution in [0.2, 0.25) is 0 Å². The highest BCUT2D eigenvalue weighted by Gasteiger charge is 2.26. The van der Waals surface area contributed by atoms with Crippen LogP contribution in [0.3, 0.4) is 0 Å². The number of aromatic hydroxyl groups is 8. The van der Waals surface area contributed by atoms with Gasteiger partial charge in [0, 0.05) is 11.1 Å². The molecule has 0 aliphatic rings. The van der Waals surface area contributed by atoms with E-state index in [1.807, 2.05) is 0 Å². The molecule has 0 saturated carbocycles. The Balaban J connectivity index is 1.59. The normalized spacial score (nSPS) is 10.7. The molecule has 0 fully saturated rings. The lowest BCUT2D eigenvalue weighted by atomic mass is 9.95. The van der Waals surface area contributed by atoms with Gasteiger partial charge in [-0.2, -0.15) is 0 Å². The molecule has 0 bridgehead atoms. The van der Waals surface area contributed by atoms with Crippen molar-refractivity contribution in [3.05, 3.63) is 82.9 Å². The molecule has 0 heterocycles. The fourth-order valence-electron chi connectivity index (χ4n) is 3.78. The van der Waals surface area contributed by atoms with Gasteiger partial charge in [0.1, 0.15) is 11.5 Å². The molecule has 8 N–H and O–H groups in total. The van der Waals surface area contributed by atoms with Crippen LogP contribution in [-0.4, -0.2) is 64.0 Å². The summed E-state index contributed by atoms with van der Waals surface area (Å²) in [5, 5.41) is 78.0. The van der Waals surface area contributed by atoms with Gasteiger partial charge in [-0.15, -0.1) is 0 Å². The molecule has 40 heavy (non-hydrogen) atoms. The van der Waals surface area contributed by atoms with Gasteiger partial charge in [-0.1, -0.05) is 12.1 Å². The molecule has 0 saturated heterocycles. The molecule has 0 radical (unpaired) electrons. The van der Waals surface area contributed by atoms with E-state index in [9.17, 15) is 60.0 Å². The Morgan fingerprint density at radius 2 is 0.675 bits per heavy atom. The summed E-state index contributed by atoms with van der Waals surface area (Å²) >= 11 is 0. The van der Waals surface area contributed by atoms with E-state index >= 15 is 0 Å². The molecule has 0 aromatic heterocycles. The molecule has 0 unspecified atom stereocenters. The monoisotopic (exact) mass is 546 g/mol. The van der Waals surface area contributed by atoms with Crippen LogP contribution in [0, 0.1) is 0 Å². The highest BCUT2D eigenvalue weighted by atomic mass is 16.3. The zero-order chi connectivity index (χ0) is 29.5. The van der Waals surface area contributed by atoms with E-state index in [0.717, 1.165) is 48.5 Å². The molecule has 0 spiro atoms. The van der Waals surface area contributed by atoms with Crippen molar-refractivity contribution >= 4 is 23.1 Å². The van der Waals surface area contributed by atoms with Crippen molar-refractivity contribution in [3.8, 4) is 57.1 Å². The quantitative estimate of drug-likeness (QED) is 0.0949. The summed E-state index contributed by atoms with van der Waals surface area (Å²) in [5.74, 6) is -11.2. The Bertz CT molecular complexity index is 1580. The number of carbonyl (C=O) groups excluding carboxylic acids is 4. The maximum absolute atomic E-state index is 12.6. The minimum atomic E-state index is -1.20. The number of ketones is 4. The second-order valence-electron chi connectivity index (χ2n) is 8.51. The van der Waals surface area contributed by atoms with Gasteiger partial charge in [-0.3, -0.25) is 19.2 Å². The average molecular weight is 546 g/mol. The summed E-state index contributed by atoms with van der Waals surface area (Å²) in [6.07, 6.45) is 0. The Hall–Kier alpha value is -6.04. The summed E-state index contributed by atoms with van der Waals surface area (Å²) in [7, 11) is 0. The van der Waals surface area contributed by atoms with E-state index in [2.05, 4.69) is 0 Å². The van der Waals surface area contributed by atoms with E-state index in [1.165, 1.54) is 12.1 Å². The first-order chi connectivity index (χ1) is 18.8. The Morgan fingerprint density at radius 1 is 0.375 bits per heavy atom. The summed E-state index contributed by atoms with van der Waals surface area (Å²) in [6.45, 7) is 0. The Morgan fingerprint density at radius 3 is 0.950 bits per heavy atom. The molecule has 0 aliphatic heterocycles. The van der Waals surface area contributed by atoms with Crippen molar-refractivity contribution in [2.24, 2.45) is 0 Å². The van der Waals surface area contributed by atoms with E-state index < -0.39 is 91.4 Å². The third-order valence-electron chi connectivity index (χ3n) is 5.89. The highest BCUT2D eigenvalue weighted by Crippen LogP contribution is 2.38. The van der Waals surface area contributed by atoms with Crippen LogP contribution < -0.4 is 0 Å². The van der Waals surface area contributed by atoms with Crippen molar-refractivity contribution in [2.45, 2.75) is 0 Å².